The van der Waals surface area contributed by atoms with Crippen molar-refractivity contribution in [1.82, 2.24) is 15.0 Å². The summed E-state index contributed by atoms with van der Waals surface area (Å²) >= 11 is 0. The first-order valence-electron chi connectivity index (χ1n) is 23.2. The van der Waals surface area contributed by atoms with Crippen LogP contribution >= 0.6 is 0 Å². The molecule has 0 saturated heterocycles. The molecular weight excluding hydrogens is 827 g/mol. The third-order valence-corrected chi connectivity index (χ3v) is 14.2. The Bertz CT molecular complexity index is 3960. The summed E-state index contributed by atoms with van der Waals surface area (Å²) in [5, 5.41) is 7.38. The van der Waals surface area contributed by atoms with Gasteiger partial charge in [0.15, 0.2) is 17.5 Å². The van der Waals surface area contributed by atoms with Gasteiger partial charge in [-0.05, 0) is 107 Å². The van der Waals surface area contributed by atoms with Crippen molar-refractivity contribution >= 4 is 32.3 Å². The third kappa shape index (κ3) is 5.71. The monoisotopic (exact) mass is 865 g/mol. The maximum Gasteiger partial charge on any atom is 0.164 e. The summed E-state index contributed by atoms with van der Waals surface area (Å²) in [7, 11) is 0. The number of hydrogen-bond acceptors (Lipinski definition) is 4. The standard InChI is InChI=1S/C64H39N3O/c1-2-16-40(17-3-1)46-20-8-9-25-52(46)63-66-61(43-32-30-42(31-33-43)60-48-22-7-5-19-44(48)38-53-47-21-6-4-18-41(47)34-36-51(53)60)65-62(67-63)45-35-37-59-57(39-45)64(56-28-14-15-29-58(56)68-59)54-26-12-10-23-49(54)50-24-11-13-27-55(50)64/h1-39H. The van der Waals surface area contributed by atoms with Crippen LogP contribution in [0.25, 0.3) is 99.9 Å². The van der Waals surface area contributed by atoms with Gasteiger partial charge in [0.1, 0.15) is 11.5 Å². The van der Waals surface area contributed by atoms with Crippen molar-refractivity contribution < 1.29 is 4.74 Å². The van der Waals surface area contributed by atoms with Gasteiger partial charge in [0.05, 0.1) is 5.41 Å². The van der Waals surface area contributed by atoms with Gasteiger partial charge < -0.3 is 4.74 Å². The largest absolute Gasteiger partial charge is 0.457 e. The van der Waals surface area contributed by atoms with Crippen LogP contribution in [0.2, 0.25) is 0 Å². The highest BCUT2D eigenvalue weighted by molar-refractivity contribution is 6.20. The average Bonchev–Trinajstić information content (AvgIpc) is 3.70. The van der Waals surface area contributed by atoms with Crippen molar-refractivity contribution in [1.29, 1.82) is 0 Å². The summed E-state index contributed by atoms with van der Waals surface area (Å²) in [4.78, 5) is 16.1. The second-order valence-electron chi connectivity index (χ2n) is 17.8. The molecule has 0 bridgehead atoms. The predicted molar refractivity (Wildman–Crippen MR) is 277 cm³/mol. The van der Waals surface area contributed by atoms with Crippen LogP contribution < -0.4 is 4.74 Å². The van der Waals surface area contributed by atoms with Crippen LogP contribution in [0.3, 0.4) is 0 Å². The molecule has 1 spiro atoms. The number of nitrogens with zero attached hydrogens (tertiary/aromatic N) is 3. The molecule has 0 amide bonds. The molecule has 2 heterocycles. The number of ether oxygens (including phenoxy) is 1. The Balaban J connectivity index is 0.974. The molecule has 0 atom stereocenters. The smallest absolute Gasteiger partial charge is 0.164 e. The van der Waals surface area contributed by atoms with Gasteiger partial charge in [0, 0.05) is 27.8 Å². The molecule has 0 saturated carbocycles. The summed E-state index contributed by atoms with van der Waals surface area (Å²) in [6.07, 6.45) is 0. The Morgan fingerprint density at radius 3 is 1.59 bits per heavy atom. The predicted octanol–water partition coefficient (Wildman–Crippen LogP) is 16.1. The first kappa shape index (κ1) is 38.3. The molecule has 4 nitrogen and oxygen atoms in total. The molecule has 2 aliphatic rings. The fourth-order valence-corrected chi connectivity index (χ4v) is 11.2. The minimum Gasteiger partial charge on any atom is -0.457 e. The lowest BCUT2D eigenvalue weighted by molar-refractivity contribution is 0.436. The van der Waals surface area contributed by atoms with Gasteiger partial charge in [-0.25, -0.2) is 15.0 Å². The van der Waals surface area contributed by atoms with E-state index in [1.165, 1.54) is 60.1 Å². The maximum atomic E-state index is 6.80. The van der Waals surface area contributed by atoms with Crippen molar-refractivity contribution in [2.75, 3.05) is 0 Å². The van der Waals surface area contributed by atoms with E-state index in [-0.39, 0.29) is 0 Å². The molecule has 0 N–H and O–H groups in total. The molecule has 0 fully saturated rings. The maximum absolute atomic E-state index is 6.80. The van der Waals surface area contributed by atoms with Crippen LogP contribution in [0.4, 0.5) is 0 Å². The first-order valence-corrected chi connectivity index (χ1v) is 23.2. The lowest BCUT2D eigenvalue weighted by Gasteiger charge is -2.39. The quantitative estimate of drug-likeness (QED) is 0.128. The summed E-state index contributed by atoms with van der Waals surface area (Å²) in [6, 6.07) is 84.4. The van der Waals surface area contributed by atoms with E-state index in [2.05, 4.69) is 231 Å². The zero-order valence-electron chi connectivity index (χ0n) is 36.8. The highest BCUT2D eigenvalue weighted by Gasteiger charge is 2.51. The number of aromatic nitrogens is 3. The molecule has 11 aromatic carbocycles. The van der Waals surface area contributed by atoms with E-state index >= 15 is 0 Å². The molecule has 1 aromatic heterocycles. The molecule has 68 heavy (non-hydrogen) atoms. The van der Waals surface area contributed by atoms with E-state index in [1.807, 2.05) is 6.07 Å². The molecule has 0 unspecified atom stereocenters. The van der Waals surface area contributed by atoms with Crippen molar-refractivity contribution in [2.24, 2.45) is 0 Å². The number of para-hydroxylation sites is 1. The summed E-state index contributed by atoms with van der Waals surface area (Å²) in [6.45, 7) is 0. The van der Waals surface area contributed by atoms with Gasteiger partial charge in [-0.1, -0.05) is 206 Å². The van der Waals surface area contributed by atoms with Crippen molar-refractivity contribution in [3.63, 3.8) is 0 Å². The lowest BCUT2D eigenvalue weighted by atomic mass is 9.66. The minimum absolute atomic E-state index is 0.584. The Labute approximate surface area is 393 Å². The zero-order chi connectivity index (χ0) is 44.8. The highest BCUT2D eigenvalue weighted by Crippen LogP contribution is 2.62. The van der Waals surface area contributed by atoms with Gasteiger partial charge in [-0.15, -0.1) is 0 Å². The van der Waals surface area contributed by atoms with Gasteiger partial charge in [-0.2, -0.15) is 0 Å². The van der Waals surface area contributed by atoms with E-state index < -0.39 is 5.41 Å². The van der Waals surface area contributed by atoms with Crippen LogP contribution in [0.5, 0.6) is 11.5 Å². The number of fused-ring (bicyclic) bond motifs is 13. The Hall–Kier alpha value is -8.99. The van der Waals surface area contributed by atoms with Gasteiger partial charge in [0.25, 0.3) is 0 Å². The van der Waals surface area contributed by atoms with E-state index in [9.17, 15) is 0 Å². The van der Waals surface area contributed by atoms with Crippen molar-refractivity contribution in [3.05, 3.63) is 259 Å². The number of benzene rings is 11. The molecular formula is C64H39N3O. The summed E-state index contributed by atoms with van der Waals surface area (Å²) < 4.78 is 6.80. The van der Waals surface area contributed by atoms with Gasteiger partial charge >= 0.3 is 0 Å². The number of rotatable bonds is 5. The normalized spacial score (nSPS) is 12.9. The second kappa shape index (κ2) is 15.0. The number of hydrogen-bond donors (Lipinski definition) is 0. The summed E-state index contributed by atoms with van der Waals surface area (Å²) in [5.41, 5.74) is 13.7. The fourth-order valence-electron chi connectivity index (χ4n) is 11.2. The van der Waals surface area contributed by atoms with Gasteiger partial charge in [0.2, 0.25) is 0 Å². The topological polar surface area (TPSA) is 47.9 Å². The van der Waals surface area contributed by atoms with Gasteiger partial charge in [-0.3, -0.25) is 0 Å². The van der Waals surface area contributed by atoms with Crippen LogP contribution in [-0.2, 0) is 5.41 Å². The van der Waals surface area contributed by atoms with E-state index in [4.69, 9.17) is 19.7 Å². The van der Waals surface area contributed by atoms with E-state index in [0.717, 1.165) is 56.0 Å². The van der Waals surface area contributed by atoms with Crippen LogP contribution in [0.15, 0.2) is 237 Å². The minimum atomic E-state index is -0.625. The van der Waals surface area contributed by atoms with Crippen molar-refractivity contribution in [2.45, 2.75) is 5.41 Å². The molecule has 316 valence electrons. The fraction of sp³-hybridized carbons (Fsp3) is 0.0156. The van der Waals surface area contributed by atoms with E-state index in [1.54, 1.807) is 0 Å². The van der Waals surface area contributed by atoms with Crippen LogP contribution in [0.1, 0.15) is 22.3 Å². The molecule has 14 rings (SSSR count). The Morgan fingerprint density at radius 2 is 0.824 bits per heavy atom. The first-order chi connectivity index (χ1) is 33.7. The SMILES string of the molecule is c1ccc(-c2ccccc2-c2nc(-c3ccc(-c4c5ccccc5cc5c4ccc4ccccc45)cc3)nc(-c3ccc4c(c3)C3(c5ccccc5O4)c4ccccc4-c4ccccc43)n2)cc1. The summed E-state index contributed by atoms with van der Waals surface area (Å²) in [5.74, 6) is 3.45. The van der Waals surface area contributed by atoms with Crippen molar-refractivity contribution in [3.8, 4) is 79.0 Å². The Kier molecular flexibility index (Phi) is 8.46. The van der Waals surface area contributed by atoms with Crippen LogP contribution in [0, 0.1) is 0 Å². The Morgan fingerprint density at radius 1 is 0.279 bits per heavy atom. The average molecular weight is 866 g/mol. The molecule has 12 aromatic rings. The third-order valence-electron chi connectivity index (χ3n) is 14.2. The molecule has 4 heteroatoms. The molecule has 1 aliphatic heterocycles. The molecule has 0 radical (unpaired) electrons. The highest BCUT2D eigenvalue weighted by atomic mass is 16.5. The second-order valence-corrected chi connectivity index (χ2v) is 17.8. The van der Waals surface area contributed by atoms with E-state index in [0.29, 0.717) is 17.5 Å². The lowest BCUT2D eigenvalue weighted by Crippen LogP contribution is -2.32. The molecule has 1 aliphatic carbocycles. The zero-order valence-corrected chi connectivity index (χ0v) is 36.8. The van der Waals surface area contributed by atoms with Crippen LogP contribution in [-0.4, -0.2) is 15.0 Å².